The summed E-state index contributed by atoms with van der Waals surface area (Å²) in [6.45, 7) is 9.90. The second-order valence-corrected chi connectivity index (χ2v) is 6.69. The van der Waals surface area contributed by atoms with Gasteiger partial charge >= 0.3 is 0 Å². The van der Waals surface area contributed by atoms with E-state index in [1.807, 2.05) is 11.8 Å². The molecule has 1 aromatic carbocycles. The van der Waals surface area contributed by atoms with Gasteiger partial charge in [0.15, 0.2) is 0 Å². The second-order valence-electron chi connectivity index (χ2n) is 5.59. The molecule has 0 bridgehead atoms. The van der Waals surface area contributed by atoms with Crippen LogP contribution in [0.2, 0.25) is 0 Å². The molecule has 114 valence electrons. The van der Waals surface area contributed by atoms with Crippen LogP contribution < -0.4 is 10.1 Å². The molecule has 1 aromatic rings. The monoisotopic (exact) mass is 295 g/mol. The highest BCUT2D eigenvalue weighted by molar-refractivity contribution is 7.98. The first-order valence-electron chi connectivity index (χ1n) is 7.56. The Hall–Kier alpha value is -0.670. The molecular weight excluding hydrogens is 266 g/mol. The molecule has 0 aromatic heterocycles. The van der Waals surface area contributed by atoms with Crippen LogP contribution in [-0.2, 0) is 5.75 Å². The van der Waals surface area contributed by atoms with E-state index < -0.39 is 0 Å². The molecule has 0 saturated heterocycles. The number of ether oxygens (including phenoxy) is 1. The van der Waals surface area contributed by atoms with Crippen LogP contribution in [0, 0.1) is 5.92 Å². The lowest BCUT2D eigenvalue weighted by Gasteiger charge is -2.16. The van der Waals surface area contributed by atoms with Crippen molar-refractivity contribution in [3.8, 4) is 5.75 Å². The molecule has 0 aliphatic carbocycles. The fourth-order valence-electron chi connectivity index (χ4n) is 2.11. The Bertz CT molecular complexity index is 393. The zero-order valence-corrected chi connectivity index (χ0v) is 14.3. The average molecular weight is 295 g/mol. The van der Waals surface area contributed by atoms with Crippen molar-refractivity contribution in [1.29, 1.82) is 0 Å². The van der Waals surface area contributed by atoms with E-state index in [1.165, 1.54) is 23.3 Å². The molecular formula is C17H29NOS. The van der Waals surface area contributed by atoms with Crippen LogP contribution in [0.25, 0.3) is 0 Å². The summed E-state index contributed by atoms with van der Waals surface area (Å²) < 4.78 is 5.48. The van der Waals surface area contributed by atoms with Gasteiger partial charge in [-0.05, 0) is 49.3 Å². The zero-order chi connectivity index (χ0) is 15.0. The van der Waals surface area contributed by atoms with E-state index in [1.54, 1.807) is 7.11 Å². The first-order valence-corrected chi connectivity index (χ1v) is 8.71. The van der Waals surface area contributed by atoms with Crippen molar-refractivity contribution >= 4 is 11.8 Å². The number of methoxy groups -OCH3 is 1. The molecule has 1 atom stereocenters. The fourth-order valence-corrected chi connectivity index (χ4v) is 3.33. The summed E-state index contributed by atoms with van der Waals surface area (Å²) in [5.41, 5.74) is 2.65. The minimum absolute atomic E-state index is 0.394. The van der Waals surface area contributed by atoms with Gasteiger partial charge in [0.2, 0.25) is 0 Å². The van der Waals surface area contributed by atoms with Crippen molar-refractivity contribution in [1.82, 2.24) is 5.32 Å². The van der Waals surface area contributed by atoms with Gasteiger partial charge in [-0.15, -0.1) is 0 Å². The summed E-state index contributed by atoms with van der Waals surface area (Å²) in [5.74, 6) is 4.04. The molecule has 0 aliphatic heterocycles. The first-order chi connectivity index (χ1) is 9.58. The summed E-state index contributed by atoms with van der Waals surface area (Å²) in [7, 11) is 1.75. The van der Waals surface area contributed by atoms with Crippen LogP contribution in [0.5, 0.6) is 5.75 Å². The second kappa shape index (κ2) is 9.30. The Morgan fingerprint density at radius 2 is 2.00 bits per heavy atom. The van der Waals surface area contributed by atoms with Gasteiger partial charge in [0.1, 0.15) is 5.75 Å². The van der Waals surface area contributed by atoms with E-state index >= 15 is 0 Å². The lowest BCUT2D eigenvalue weighted by Crippen LogP contribution is -2.17. The SMILES string of the molecule is CCNC(C)c1ccc(OC)c(CSCCC(C)C)c1. The van der Waals surface area contributed by atoms with Gasteiger partial charge in [0.25, 0.3) is 0 Å². The van der Waals surface area contributed by atoms with Crippen LogP contribution in [0.1, 0.15) is 51.3 Å². The Balaban J connectivity index is 2.68. The van der Waals surface area contributed by atoms with Gasteiger partial charge in [-0.25, -0.2) is 0 Å². The number of benzene rings is 1. The van der Waals surface area contributed by atoms with Crippen molar-refractivity contribution in [2.45, 2.75) is 45.9 Å². The lowest BCUT2D eigenvalue weighted by molar-refractivity contribution is 0.411. The van der Waals surface area contributed by atoms with E-state index in [2.05, 4.69) is 51.2 Å². The highest BCUT2D eigenvalue weighted by Crippen LogP contribution is 2.27. The lowest BCUT2D eigenvalue weighted by atomic mass is 10.0. The van der Waals surface area contributed by atoms with E-state index in [-0.39, 0.29) is 0 Å². The van der Waals surface area contributed by atoms with Gasteiger partial charge in [0.05, 0.1) is 7.11 Å². The third-order valence-corrected chi connectivity index (χ3v) is 4.45. The van der Waals surface area contributed by atoms with Gasteiger partial charge in [-0.1, -0.05) is 26.8 Å². The van der Waals surface area contributed by atoms with Crippen LogP contribution in [0.3, 0.4) is 0 Å². The van der Waals surface area contributed by atoms with Crippen molar-refractivity contribution in [3.05, 3.63) is 29.3 Å². The molecule has 0 spiro atoms. The maximum atomic E-state index is 5.48. The quantitative estimate of drug-likeness (QED) is 0.670. The normalized spacial score (nSPS) is 12.7. The predicted octanol–water partition coefficient (Wildman–Crippen LogP) is 4.65. The Morgan fingerprint density at radius 3 is 2.60 bits per heavy atom. The summed E-state index contributed by atoms with van der Waals surface area (Å²) in [5, 5.41) is 3.46. The summed E-state index contributed by atoms with van der Waals surface area (Å²) >= 11 is 2.00. The number of thioether (sulfide) groups is 1. The Morgan fingerprint density at radius 1 is 1.25 bits per heavy atom. The summed E-state index contributed by atoms with van der Waals surface area (Å²) in [6, 6.07) is 6.94. The number of hydrogen-bond acceptors (Lipinski definition) is 3. The third kappa shape index (κ3) is 5.76. The fraction of sp³-hybridized carbons (Fsp3) is 0.647. The third-order valence-electron chi connectivity index (χ3n) is 3.41. The largest absolute Gasteiger partial charge is 0.496 e. The number of hydrogen-bond donors (Lipinski definition) is 1. The molecule has 3 heteroatoms. The summed E-state index contributed by atoms with van der Waals surface area (Å²) in [6.07, 6.45) is 1.28. The minimum atomic E-state index is 0.394. The molecule has 2 nitrogen and oxygen atoms in total. The van der Waals surface area contributed by atoms with E-state index in [4.69, 9.17) is 4.74 Å². The standard InChI is InChI=1S/C17H29NOS/c1-6-18-14(4)15-7-8-17(19-5)16(11-15)12-20-10-9-13(2)3/h7-8,11,13-14,18H,6,9-10,12H2,1-5H3. The Labute approximate surface area is 128 Å². The van der Waals surface area contributed by atoms with Crippen LogP contribution >= 0.6 is 11.8 Å². The first kappa shape index (κ1) is 17.4. The Kier molecular flexibility index (Phi) is 8.08. The molecule has 0 heterocycles. The maximum Gasteiger partial charge on any atom is 0.122 e. The molecule has 20 heavy (non-hydrogen) atoms. The predicted molar refractivity (Wildman–Crippen MR) is 90.7 cm³/mol. The minimum Gasteiger partial charge on any atom is -0.496 e. The van der Waals surface area contributed by atoms with Crippen LogP contribution in [0.15, 0.2) is 18.2 Å². The molecule has 1 unspecified atom stereocenters. The van der Waals surface area contributed by atoms with Crippen LogP contribution in [0.4, 0.5) is 0 Å². The zero-order valence-electron chi connectivity index (χ0n) is 13.5. The highest BCUT2D eigenvalue weighted by atomic mass is 32.2. The molecule has 1 N–H and O–H groups in total. The maximum absolute atomic E-state index is 5.48. The van der Waals surface area contributed by atoms with E-state index in [0.717, 1.165) is 24.0 Å². The van der Waals surface area contributed by atoms with Crippen LogP contribution in [-0.4, -0.2) is 19.4 Å². The average Bonchev–Trinajstić information content (AvgIpc) is 2.43. The molecule has 0 fully saturated rings. The van der Waals surface area contributed by atoms with Crippen molar-refractivity contribution in [2.24, 2.45) is 5.92 Å². The highest BCUT2D eigenvalue weighted by Gasteiger charge is 2.09. The number of rotatable bonds is 9. The topological polar surface area (TPSA) is 21.3 Å². The van der Waals surface area contributed by atoms with Gasteiger partial charge in [-0.2, -0.15) is 11.8 Å². The molecule has 1 rings (SSSR count). The summed E-state index contributed by atoms with van der Waals surface area (Å²) in [4.78, 5) is 0. The molecule has 0 radical (unpaired) electrons. The van der Waals surface area contributed by atoms with Crippen molar-refractivity contribution in [2.75, 3.05) is 19.4 Å². The van der Waals surface area contributed by atoms with Crippen molar-refractivity contribution in [3.63, 3.8) is 0 Å². The molecule has 0 saturated carbocycles. The van der Waals surface area contributed by atoms with Gasteiger partial charge in [0, 0.05) is 17.4 Å². The van der Waals surface area contributed by atoms with E-state index in [9.17, 15) is 0 Å². The van der Waals surface area contributed by atoms with E-state index in [0.29, 0.717) is 6.04 Å². The molecule has 0 amide bonds. The number of nitrogens with one attached hydrogen (secondary N) is 1. The van der Waals surface area contributed by atoms with Gasteiger partial charge < -0.3 is 10.1 Å². The smallest absolute Gasteiger partial charge is 0.122 e. The van der Waals surface area contributed by atoms with Crippen molar-refractivity contribution < 1.29 is 4.74 Å². The molecule has 0 aliphatic rings. The van der Waals surface area contributed by atoms with Gasteiger partial charge in [-0.3, -0.25) is 0 Å².